The van der Waals surface area contributed by atoms with Gasteiger partial charge in [0, 0.05) is 17.4 Å². The molecule has 4 rings (SSSR count). The summed E-state index contributed by atoms with van der Waals surface area (Å²) in [6.07, 6.45) is -7.67. The van der Waals surface area contributed by atoms with Crippen LogP contribution in [0.4, 0.5) is 0 Å². The van der Waals surface area contributed by atoms with Gasteiger partial charge >= 0.3 is 0 Å². The van der Waals surface area contributed by atoms with Crippen LogP contribution in [0, 0.1) is 0 Å². The molecule has 11 heteroatoms. The summed E-state index contributed by atoms with van der Waals surface area (Å²) in [5.74, 6) is 2.17. The van der Waals surface area contributed by atoms with Crippen LogP contribution in [0.1, 0.15) is 18.1 Å². The summed E-state index contributed by atoms with van der Waals surface area (Å²) in [5, 5.41) is 50.7. The fourth-order valence-electron chi connectivity index (χ4n) is 4.29. The number of fused-ring (bicyclic) bond motifs is 1. The number of methoxy groups -OCH3 is 3. The van der Waals surface area contributed by atoms with E-state index in [0.717, 1.165) is 5.56 Å². The van der Waals surface area contributed by atoms with Gasteiger partial charge in [0.25, 0.3) is 0 Å². The smallest absolute Gasteiger partial charge is 0.186 e. The van der Waals surface area contributed by atoms with Crippen LogP contribution in [0.25, 0.3) is 22.3 Å². The Bertz CT molecular complexity index is 1190. The van der Waals surface area contributed by atoms with Crippen LogP contribution in [-0.4, -0.2) is 90.8 Å². The van der Waals surface area contributed by atoms with E-state index in [1.807, 2.05) is 12.1 Å². The minimum absolute atomic E-state index is 0.0352. The van der Waals surface area contributed by atoms with Crippen LogP contribution in [0.3, 0.4) is 0 Å². The zero-order valence-corrected chi connectivity index (χ0v) is 20.7. The van der Waals surface area contributed by atoms with Crippen LogP contribution < -0.4 is 14.2 Å². The Kier molecular flexibility index (Phi) is 8.55. The Hall–Kier alpha value is -2.90. The highest BCUT2D eigenvalue weighted by Crippen LogP contribution is 2.39. The molecule has 1 fully saturated rings. The lowest BCUT2D eigenvalue weighted by atomic mass is 9.99. The Balaban J connectivity index is 1.49. The van der Waals surface area contributed by atoms with Gasteiger partial charge in [0.15, 0.2) is 29.1 Å². The molecule has 2 heterocycles. The summed E-state index contributed by atoms with van der Waals surface area (Å²) >= 11 is 0. The first-order valence-corrected chi connectivity index (χ1v) is 11.7. The molecule has 0 aliphatic carbocycles. The summed E-state index contributed by atoms with van der Waals surface area (Å²) in [5.41, 5.74) is 1.84. The summed E-state index contributed by atoms with van der Waals surface area (Å²) in [4.78, 5) is 0. The van der Waals surface area contributed by atoms with E-state index in [4.69, 9.17) is 28.1 Å². The summed E-state index contributed by atoms with van der Waals surface area (Å²) in [7, 11) is 4.62. The van der Waals surface area contributed by atoms with Crippen LogP contribution in [0.5, 0.6) is 17.2 Å². The predicted molar refractivity (Wildman–Crippen MR) is 131 cm³/mol. The highest BCUT2D eigenvalue weighted by molar-refractivity contribution is 5.88. The molecule has 0 saturated carbocycles. The van der Waals surface area contributed by atoms with Crippen LogP contribution >= 0.6 is 0 Å². The third kappa shape index (κ3) is 5.53. The molecular weight excluding hydrogens is 488 g/mol. The average Bonchev–Trinajstić information content (AvgIpc) is 3.36. The van der Waals surface area contributed by atoms with Crippen molar-refractivity contribution in [1.82, 2.24) is 0 Å². The first kappa shape index (κ1) is 27.1. The van der Waals surface area contributed by atoms with Gasteiger partial charge in [-0.25, -0.2) is 0 Å². The summed E-state index contributed by atoms with van der Waals surface area (Å²) < 4.78 is 33.1. The monoisotopic (exact) mass is 520 g/mol. The third-order valence-corrected chi connectivity index (χ3v) is 6.40. The topological polar surface area (TPSA) is 160 Å². The molecule has 6 unspecified atom stereocenters. The molecule has 0 spiro atoms. The largest absolute Gasteiger partial charge is 0.493 e. The molecule has 0 amide bonds. The van der Waals surface area contributed by atoms with Crippen molar-refractivity contribution in [1.29, 1.82) is 0 Å². The van der Waals surface area contributed by atoms with Crippen LogP contribution in [-0.2, 0) is 9.47 Å². The number of hydrogen-bond donors (Lipinski definition) is 5. The van der Waals surface area contributed by atoms with Crippen molar-refractivity contribution >= 4 is 11.0 Å². The van der Waals surface area contributed by atoms with Crippen molar-refractivity contribution in [2.75, 3.05) is 34.5 Å². The molecular formula is C26H32O11. The second kappa shape index (κ2) is 11.7. The molecule has 1 saturated heterocycles. The predicted octanol–water partition coefficient (Wildman–Crippen LogP) is 1.37. The van der Waals surface area contributed by atoms with E-state index in [0.29, 0.717) is 39.5 Å². The second-order valence-corrected chi connectivity index (χ2v) is 8.69. The molecule has 2 aromatic carbocycles. The number of furan rings is 1. The van der Waals surface area contributed by atoms with Crippen LogP contribution in [0.2, 0.25) is 0 Å². The molecule has 6 atom stereocenters. The number of hydrogen-bond acceptors (Lipinski definition) is 11. The second-order valence-electron chi connectivity index (χ2n) is 8.69. The van der Waals surface area contributed by atoms with Crippen molar-refractivity contribution in [2.45, 2.75) is 43.2 Å². The van der Waals surface area contributed by atoms with Gasteiger partial charge in [-0.1, -0.05) is 0 Å². The molecule has 0 bridgehead atoms. The normalized spacial score (nSPS) is 24.7. The lowest BCUT2D eigenvalue weighted by Crippen LogP contribution is -2.59. The fourth-order valence-corrected chi connectivity index (χ4v) is 4.29. The highest BCUT2D eigenvalue weighted by Gasteiger charge is 2.44. The lowest BCUT2D eigenvalue weighted by Gasteiger charge is -2.39. The zero-order chi connectivity index (χ0) is 26.7. The van der Waals surface area contributed by atoms with E-state index < -0.39 is 43.4 Å². The quantitative estimate of drug-likeness (QED) is 0.263. The Morgan fingerprint density at radius 2 is 1.59 bits per heavy atom. The van der Waals surface area contributed by atoms with Gasteiger partial charge < -0.3 is 53.6 Å². The molecule has 1 aromatic heterocycles. The van der Waals surface area contributed by atoms with E-state index in [-0.39, 0.29) is 13.0 Å². The molecule has 3 aromatic rings. The van der Waals surface area contributed by atoms with E-state index >= 15 is 0 Å². The van der Waals surface area contributed by atoms with Crippen molar-refractivity contribution in [3.05, 3.63) is 42.0 Å². The van der Waals surface area contributed by atoms with Crippen molar-refractivity contribution in [3.8, 4) is 28.6 Å². The van der Waals surface area contributed by atoms with Gasteiger partial charge in [-0.15, -0.1) is 0 Å². The summed E-state index contributed by atoms with van der Waals surface area (Å²) in [6.45, 7) is -0.588. The van der Waals surface area contributed by atoms with Crippen molar-refractivity contribution in [2.24, 2.45) is 0 Å². The SMILES string of the molecule is COc1ccc(-c2cc3cc(C(O)CCOC4OC(CO)C(O)C(O)C4O)cc(OC)c3o2)cc1OC. The van der Waals surface area contributed by atoms with Gasteiger partial charge in [-0.05, 0) is 42.0 Å². The molecule has 1 aliphatic rings. The number of aliphatic hydroxyl groups excluding tert-OH is 5. The Labute approximate surface area is 213 Å². The van der Waals surface area contributed by atoms with E-state index in [2.05, 4.69) is 0 Å². The first-order valence-electron chi connectivity index (χ1n) is 11.7. The van der Waals surface area contributed by atoms with Crippen molar-refractivity contribution < 1.29 is 53.6 Å². The maximum Gasteiger partial charge on any atom is 0.186 e. The number of ether oxygens (including phenoxy) is 5. The maximum absolute atomic E-state index is 10.8. The molecule has 0 radical (unpaired) electrons. The minimum atomic E-state index is -1.53. The van der Waals surface area contributed by atoms with E-state index in [1.54, 1.807) is 38.5 Å². The summed E-state index contributed by atoms with van der Waals surface area (Å²) in [6, 6.07) is 10.7. The number of aliphatic hydroxyl groups is 5. The van der Waals surface area contributed by atoms with Gasteiger partial charge in [-0.2, -0.15) is 0 Å². The van der Waals surface area contributed by atoms with Gasteiger partial charge in [0.1, 0.15) is 30.2 Å². The standard InChI is InChI=1S/C26H32O11/c1-32-17-5-4-13(9-19(17)33-2)18-11-15-8-14(10-20(34-3)25(15)36-18)16(28)6-7-35-26-24(31)23(30)22(29)21(12-27)37-26/h4-5,8-11,16,21-24,26-31H,6-7,12H2,1-3H3. The Morgan fingerprint density at radius 3 is 2.27 bits per heavy atom. The fraction of sp³-hybridized carbons (Fsp3) is 0.462. The highest BCUT2D eigenvalue weighted by atomic mass is 16.7. The minimum Gasteiger partial charge on any atom is -0.493 e. The molecule has 11 nitrogen and oxygen atoms in total. The van der Waals surface area contributed by atoms with E-state index in [9.17, 15) is 25.5 Å². The zero-order valence-electron chi connectivity index (χ0n) is 20.7. The first-order chi connectivity index (χ1) is 17.8. The van der Waals surface area contributed by atoms with Gasteiger partial charge in [-0.3, -0.25) is 0 Å². The van der Waals surface area contributed by atoms with Gasteiger partial charge in [0.2, 0.25) is 0 Å². The number of rotatable bonds is 10. The van der Waals surface area contributed by atoms with Crippen molar-refractivity contribution in [3.63, 3.8) is 0 Å². The number of benzene rings is 2. The lowest BCUT2D eigenvalue weighted by molar-refractivity contribution is -0.301. The average molecular weight is 521 g/mol. The molecule has 1 aliphatic heterocycles. The third-order valence-electron chi connectivity index (χ3n) is 6.40. The molecule has 5 N–H and O–H groups in total. The van der Waals surface area contributed by atoms with Crippen LogP contribution in [0.15, 0.2) is 40.8 Å². The van der Waals surface area contributed by atoms with E-state index in [1.165, 1.54) is 7.11 Å². The Morgan fingerprint density at radius 1 is 0.865 bits per heavy atom. The molecule has 202 valence electrons. The van der Waals surface area contributed by atoms with Gasteiger partial charge in [0.05, 0.1) is 40.6 Å². The molecule has 37 heavy (non-hydrogen) atoms. The maximum atomic E-state index is 10.8.